The van der Waals surface area contributed by atoms with Crippen LogP contribution in [0.2, 0.25) is 5.02 Å². The van der Waals surface area contributed by atoms with Gasteiger partial charge in [-0.05, 0) is 73.7 Å². The van der Waals surface area contributed by atoms with E-state index in [-0.39, 0.29) is 12.1 Å². The molecule has 8 nitrogen and oxygen atoms in total. The Morgan fingerprint density at radius 1 is 1.18 bits per heavy atom. The lowest BCUT2D eigenvalue weighted by Gasteiger charge is -2.40. The average molecular weight is 550 g/mol. The second-order valence-electron chi connectivity index (χ2n) is 11.3. The Labute approximate surface area is 234 Å². The second kappa shape index (κ2) is 10.4. The molecule has 1 aliphatic heterocycles. The van der Waals surface area contributed by atoms with Crippen LogP contribution in [0.3, 0.4) is 0 Å². The first-order chi connectivity index (χ1) is 18.5. The summed E-state index contributed by atoms with van der Waals surface area (Å²) in [5.41, 5.74) is 3.37. The third-order valence-corrected chi connectivity index (χ3v) is 7.79. The van der Waals surface area contributed by atoms with Gasteiger partial charge in [-0.1, -0.05) is 30.7 Å². The molecule has 5 rings (SSSR count). The smallest absolute Gasteiger partial charge is 0.410 e. The molecule has 1 N–H and O–H groups in total. The van der Waals surface area contributed by atoms with Gasteiger partial charge in [-0.25, -0.2) is 9.78 Å². The van der Waals surface area contributed by atoms with Gasteiger partial charge in [-0.3, -0.25) is 9.88 Å². The maximum atomic E-state index is 12.7. The third-order valence-electron chi connectivity index (χ3n) is 7.56. The molecule has 1 saturated heterocycles. The predicted octanol–water partition coefficient (Wildman–Crippen LogP) is 5.26. The molecule has 9 heteroatoms. The van der Waals surface area contributed by atoms with E-state index in [0.717, 1.165) is 28.0 Å². The Bertz CT molecular complexity index is 1400. The fourth-order valence-electron chi connectivity index (χ4n) is 5.63. The molecular weight excluding hydrogens is 514 g/mol. The molecule has 3 aromatic rings. The first-order valence-electron chi connectivity index (χ1n) is 13.4. The highest BCUT2D eigenvalue weighted by atomic mass is 35.5. The van der Waals surface area contributed by atoms with Crippen LogP contribution in [0, 0.1) is 0 Å². The normalized spacial score (nSPS) is 19.4. The summed E-state index contributed by atoms with van der Waals surface area (Å²) < 4.78 is 7.47. The molecule has 3 heterocycles. The number of aromatic nitrogens is 3. The first kappa shape index (κ1) is 27.4. The van der Waals surface area contributed by atoms with Crippen molar-refractivity contribution < 1.29 is 14.6 Å². The lowest BCUT2D eigenvalue weighted by Crippen LogP contribution is -2.51. The Morgan fingerprint density at radius 2 is 1.92 bits per heavy atom. The van der Waals surface area contributed by atoms with E-state index in [9.17, 15) is 9.90 Å². The topological polar surface area (TPSA) is 83.7 Å². The molecule has 2 atom stereocenters. The Hall–Kier alpha value is -3.20. The maximum Gasteiger partial charge on any atom is 0.410 e. The van der Waals surface area contributed by atoms with Crippen molar-refractivity contribution in [3.63, 3.8) is 0 Å². The van der Waals surface area contributed by atoms with Crippen molar-refractivity contribution in [2.24, 2.45) is 7.05 Å². The van der Waals surface area contributed by atoms with E-state index in [2.05, 4.69) is 9.88 Å². The quantitative estimate of drug-likeness (QED) is 0.478. The van der Waals surface area contributed by atoms with Gasteiger partial charge in [-0.2, -0.15) is 0 Å². The number of amides is 1. The number of imidazole rings is 1. The highest BCUT2D eigenvalue weighted by molar-refractivity contribution is 6.30. The molecule has 0 spiro atoms. The van der Waals surface area contributed by atoms with E-state index in [1.54, 1.807) is 17.4 Å². The molecule has 0 saturated carbocycles. The van der Waals surface area contributed by atoms with Crippen LogP contribution >= 0.6 is 11.6 Å². The summed E-state index contributed by atoms with van der Waals surface area (Å²) in [5.74, 6) is 0. The lowest BCUT2D eigenvalue weighted by atomic mass is 9.81. The van der Waals surface area contributed by atoms with Crippen molar-refractivity contribution in [3.05, 3.63) is 82.2 Å². The molecule has 1 aromatic carbocycles. The number of pyridine rings is 1. The number of carbonyl (C=O) groups excluding carboxylic acids is 1. The first-order valence-corrected chi connectivity index (χ1v) is 13.8. The van der Waals surface area contributed by atoms with Gasteiger partial charge in [0.1, 0.15) is 11.2 Å². The number of carbonyl (C=O) groups is 1. The number of aliphatic hydroxyl groups is 1. The zero-order chi connectivity index (χ0) is 27.9. The minimum Gasteiger partial charge on any atom is -0.444 e. The fourth-order valence-corrected chi connectivity index (χ4v) is 5.80. The summed E-state index contributed by atoms with van der Waals surface area (Å²) in [5, 5.41) is 12.9. The van der Waals surface area contributed by atoms with Gasteiger partial charge in [0.25, 0.3) is 0 Å². The van der Waals surface area contributed by atoms with E-state index in [1.807, 2.05) is 81.9 Å². The van der Waals surface area contributed by atoms with Crippen LogP contribution in [-0.4, -0.2) is 67.3 Å². The second-order valence-corrected chi connectivity index (χ2v) is 11.7. The molecule has 2 aliphatic rings. The van der Waals surface area contributed by atoms with Gasteiger partial charge in [-0.15, -0.1) is 0 Å². The summed E-state index contributed by atoms with van der Waals surface area (Å²) >= 11 is 6.58. The van der Waals surface area contributed by atoms with E-state index in [4.69, 9.17) is 21.3 Å². The molecule has 1 aliphatic carbocycles. The minimum absolute atomic E-state index is 0.185. The maximum absolute atomic E-state index is 12.7. The number of nitrogens with zero attached hydrogens (tertiary/aromatic N) is 5. The van der Waals surface area contributed by atoms with Crippen LogP contribution in [0.25, 0.3) is 11.6 Å². The Balaban J connectivity index is 1.59. The van der Waals surface area contributed by atoms with Crippen molar-refractivity contribution in [3.8, 4) is 0 Å². The van der Waals surface area contributed by atoms with E-state index >= 15 is 0 Å². The molecule has 0 bridgehead atoms. The number of ether oxygens (including phenoxy) is 1. The van der Waals surface area contributed by atoms with Gasteiger partial charge < -0.3 is 19.3 Å². The number of hydrogen-bond acceptors (Lipinski definition) is 6. The minimum atomic E-state index is -1.30. The molecule has 206 valence electrons. The molecular formula is C30H36ClN5O3. The SMILES string of the molecule is CCC(O)(C1=Cc2cccnc2[C@@H](N2CCN(C(=O)OC(C)(C)C)CC2)c2ccc(Cl)cc21)c1cncn1C. The molecule has 0 radical (unpaired) electrons. The van der Waals surface area contributed by atoms with E-state index < -0.39 is 11.2 Å². The Morgan fingerprint density at radius 3 is 2.56 bits per heavy atom. The largest absolute Gasteiger partial charge is 0.444 e. The molecule has 1 unspecified atom stereocenters. The summed E-state index contributed by atoms with van der Waals surface area (Å²) in [7, 11) is 1.89. The summed E-state index contributed by atoms with van der Waals surface area (Å²) in [4.78, 5) is 26.0. The highest BCUT2D eigenvalue weighted by Gasteiger charge is 2.41. The van der Waals surface area contributed by atoms with Crippen LogP contribution < -0.4 is 0 Å². The van der Waals surface area contributed by atoms with Gasteiger partial charge in [0.2, 0.25) is 0 Å². The summed E-state index contributed by atoms with van der Waals surface area (Å²) in [6, 6.07) is 9.65. The molecule has 1 fully saturated rings. The molecule has 1 amide bonds. The number of halogens is 1. The van der Waals surface area contributed by atoms with Crippen LogP contribution in [0.5, 0.6) is 0 Å². The predicted molar refractivity (Wildman–Crippen MR) is 152 cm³/mol. The number of piperazine rings is 1. The average Bonchev–Trinajstić information content (AvgIpc) is 3.28. The van der Waals surface area contributed by atoms with Crippen LogP contribution in [0.1, 0.15) is 68.2 Å². The number of benzene rings is 1. The van der Waals surface area contributed by atoms with Crippen LogP contribution in [0.15, 0.2) is 49.1 Å². The van der Waals surface area contributed by atoms with Gasteiger partial charge in [0.05, 0.1) is 30.0 Å². The van der Waals surface area contributed by atoms with E-state index in [0.29, 0.717) is 43.3 Å². The zero-order valence-electron chi connectivity index (χ0n) is 23.2. The summed E-state index contributed by atoms with van der Waals surface area (Å²) in [6.07, 6.45) is 7.43. The highest BCUT2D eigenvalue weighted by Crippen LogP contribution is 2.47. The van der Waals surface area contributed by atoms with Gasteiger partial charge in [0, 0.05) is 44.4 Å². The van der Waals surface area contributed by atoms with Crippen LogP contribution in [0.4, 0.5) is 4.79 Å². The Kier molecular flexibility index (Phi) is 7.31. The number of hydrogen-bond donors (Lipinski definition) is 1. The van der Waals surface area contributed by atoms with Crippen molar-refractivity contribution in [2.45, 2.75) is 51.4 Å². The fraction of sp³-hybridized carbons (Fsp3) is 0.433. The van der Waals surface area contributed by atoms with Gasteiger partial charge >= 0.3 is 6.09 Å². The molecule has 2 aromatic heterocycles. The van der Waals surface area contributed by atoms with Crippen molar-refractivity contribution in [1.82, 2.24) is 24.3 Å². The number of aryl methyl sites for hydroxylation is 1. The molecule has 39 heavy (non-hydrogen) atoms. The van der Waals surface area contributed by atoms with Crippen molar-refractivity contribution >= 4 is 29.3 Å². The van der Waals surface area contributed by atoms with Crippen molar-refractivity contribution in [2.75, 3.05) is 26.2 Å². The lowest BCUT2D eigenvalue weighted by molar-refractivity contribution is 0.0117. The van der Waals surface area contributed by atoms with Crippen LogP contribution in [-0.2, 0) is 17.4 Å². The summed E-state index contributed by atoms with van der Waals surface area (Å²) in [6.45, 7) is 10.0. The van der Waals surface area contributed by atoms with Crippen molar-refractivity contribution in [1.29, 1.82) is 0 Å². The third kappa shape index (κ3) is 5.21. The number of rotatable bonds is 4. The standard InChI is InChI=1S/C30H36ClN5O3/c1-6-30(38,25-18-32-19-34(25)5)24-16-20-8-7-11-33-26(20)27(22-10-9-21(31)17-23(22)24)35-12-14-36(15-13-35)28(37)39-29(2,3)4/h7-11,16-19,27,38H,6,12-15H2,1-5H3/t27-,30?/m0/s1. The van der Waals surface area contributed by atoms with E-state index in [1.165, 1.54) is 0 Å². The number of fused-ring (bicyclic) bond motifs is 2. The monoisotopic (exact) mass is 549 g/mol. The van der Waals surface area contributed by atoms with Gasteiger partial charge in [0.15, 0.2) is 0 Å². The zero-order valence-corrected chi connectivity index (χ0v) is 23.9.